The van der Waals surface area contributed by atoms with Gasteiger partial charge >= 0.3 is 12.1 Å². The molecule has 1 N–H and O–H groups in total. The van der Waals surface area contributed by atoms with Crippen LogP contribution in [0, 0.1) is 12.3 Å². The molecule has 1 aliphatic carbocycles. The largest absolute Gasteiger partial charge is 0.451 e. The lowest BCUT2D eigenvalue weighted by Crippen LogP contribution is -2.50. The molecule has 0 aromatic carbocycles. The Kier molecular flexibility index (Phi) is 7.23. The fourth-order valence-electron chi connectivity index (χ4n) is 2.36. The lowest BCUT2D eigenvalue weighted by atomic mass is 9.96. The molecule has 0 bridgehead atoms. The molecule has 0 aliphatic heterocycles. The van der Waals surface area contributed by atoms with Gasteiger partial charge in [0.2, 0.25) is 5.96 Å². The third kappa shape index (κ3) is 5.28. The van der Waals surface area contributed by atoms with E-state index in [4.69, 9.17) is 6.42 Å². The Morgan fingerprint density at radius 1 is 1.32 bits per heavy atom. The lowest BCUT2D eigenvalue weighted by Gasteiger charge is -2.29. The average molecular weight is 308 g/mol. The van der Waals surface area contributed by atoms with Gasteiger partial charge in [0.05, 0.1) is 13.7 Å². The van der Waals surface area contributed by atoms with E-state index in [1.54, 1.807) is 14.1 Å². The minimum Gasteiger partial charge on any atom is -0.451 e. The number of hydrogen-bond acceptors (Lipinski definition) is 3. The predicted molar refractivity (Wildman–Crippen MR) is 84.5 cm³/mol. The first-order chi connectivity index (χ1) is 10.5. The lowest BCUT2D eigenvalue weighted by molar-refractivity contribution is 0.181. The number of amides is 3. The standard InChI is InChI=1S/C15H24N4O3/c1-5-11-18(2)13(17-15(21)22-4)19(3)14(20)16-12-9-7-6-8-10-12/h1,12H,6-11H2,2-4H3,(H,16,20). The molecular weight excluding hydrogens is 284 g/mol. The van der Waals surface area contributed by atoms with Gasteiger partial charge in [0.1, 0.15) is 0 Å². The molecule has 1 rings (SSSR count). The van der Waals surface area contributed by atoms with Gasteiger partial charge in [-0.05, 0) is 12.8 Å². The number of rotatable bonds is 2. The summed E-state index contributed by atoms with van der Waals surface area (Å²) >= 11 is 0. The van der Waals surface area contributed by atoms with Crippen LogP contribution in [0.1, 0.15) is 32.1 Å². The molecule has 0 atom stereocenters. The van der Waals surface area contributed by atoms with Crippen LogP contribution < -0.4 is 5.32 Å². The quantitative estimate of drug-likeness (QED) is 0.478. The molecule has 0 aromatic rings. The van der Waals surface area contributed by atoms with Gasteiger partial charge in [0, 0.05) is 20.1 Å². The van der Waals surface area contributed by atoms with Crippen LogP contribution in [0.25, 0.3) is 0 Å². The Labute approximate surface area is 131 Å². The monoisotopic (exact) mass is 308 g/mol. The van der Waals surface area contributed by atoms with Gasteiger partial charge in [0.25, 0.3) is 0 Å². The maximum atomic E-state index is 12.3. The molecule has 3 amide bonds. The summed E-state index contributed by atoms with van der Waals surface area (Å²) in [6.07, 6.45) is 9.89. The summed E-state index contributed by atoms with van der Waals surface area (Å²) < 4.78 is 4.53. The number of carbonyl (C=O) groups excluding carboxylic acids is 2. The fourth-order valence-corrected chi connectivity index (χ4v) is 2.36. The van der Waals surface area contributed by atoms with Crippen LogP contribution in [-0.4, -0.2) is 61.7 Å². The van der Waals surface area contributed by atoms with Crippen LogP contribution in [-0.2, 0) is 4.74 Å². The minimum absolute atomic E-state index is 0.151. The molecule has 22 heavy (non-hydrogen) atoms. The van der Waals surface area contributed by atoms with Crippen LogP contribution in [0.3, 0.4) is 0 Å². The third-order valence-electron chi connectivity index (χ3n) is 3.57. The number of ether oxygens (including phenoxy) is 1. The Morgan fingerprint density at radius 3 is 2.50 bits per heavy atom. The number of nitrogens with zero attached hydrogens (tertiary/aromatic N) is 3. The van der Waals surface area contributed by atoms with E-state index in [1.807, 2.05) is 0 Å². The highest BCUT2D eigenvalue weighted by molar-refractivity contribution is 6.00. The molecule has 1 saturated carbocycles. The number of terminal acetylenes is 1. The SMILES string of the molecule is C#CCN(C)C(=NC(=O)OC)N(C)C(=O)NC1CCCCC1. The van der Waals surface area contributed by atoms with E-state index in [0.29, 0.717) is 0 Å². The van der Waals surface area contributed by atoms with E-state index in [1.165, 1.54) is 23.3 Å². The Hall–Kier alpha value is -2.23. The number of methoxy groups -OCH3 is 1. The van der Waals surface area contributed by atoms with E-state index in [2.05, 4.69) is 21.0 Å². The smallest absolute Gasteiger partial charge is 0.436 e. The fraction of sp³-hybridized carbons (Fsp3) is 0.667. The van der Waals surface area contributed by atoms with Gasteiger partial charge in [-0.3, -0.25) is 4.90 Å². The highest BCUT2D eigenvalue weighted by atomic mass is 16.5. The van der Waals surface area contributed by atoms with Gasteiger partial charge in [-0.1, -0.05) is 25.2 Å². The molecule has 0 spiro atoms. The maximum absolute atomic E-state index is 12.3. The number of aliphatic imine (C=N–C) groups is 1. The average Bonchev–Trinajstić information content (AvgIpc) is 2.52. The first-order valence-electron chi connectivity index (χ1n) is 7.35. The van der Waals surface area contributed by atoms with Crippen molar-refractivity contribution < 1.29 is 14.3 Å². The summed E-state index contributed by atoms with van der Waals surface area (Å²) in [5.74, 6) is 2.60. The van der Waals surface area contributed by atoms with E-state index >= 15 is 0 Å². The van der Waals surface area contributed by atoms with Gasteiger partial charge < -0.3 is 15.0 Å². The van der Waals surface area contributed by atoms with Crippen molar-refractivity contribution in [3.05, 3.63) is 0 Å². The Bertz CT molecular complexity index is 464. The molecular formula is C15H24N4O3. The highest BCUT2D eigenvalue weighted by Gasteiger charge is 2.23. The zero-order valence-corrected chi connectivity index (χ0v) is 13.5. The molecule has 0 heterocycles. The number of carbonyl (C=O) groups is 2. The van der Waals surface area contributed by atoms with Crippen LogP contribution in [0.15, 0.2) is 4.99 Å². The van der Waals surface area contributed by atoms with Gasteiger partial charge in [-0.2, -0.15) is 0 Å². The van der Waals surface area contributed by atoms with Crippen LogP contribution in [0.5, 0.6) is 0 Å². The van der Waals surface area contributed by atoms with Crippen LogP contribution in [0.2, 0.25) is 0 Å². The second-order valence-electron chi connectivity index (χ2n) is 5.29. The maximum Gasteiger partial charge on any atom is 0.436 e. The third-order valence-corrected chi connectivity index (χ3v) is 3.57. The zero-order chi connectivity index (χ0) is 16.5. The Morgan fingerprint density at radius 2 is 1.95 bits per heavy atom. The number of urea groups is 1. The van der Waals surface area contributed by atoms with Crippen molar-refractivity contribution in [2.45, 2.75) is 38.1 Å². The van der Waals surface area contributed by atoms with Crippen molar-refractivity contribution in [2.75, 3.05) is 27.7 Å². The normalized spacial score (nSPS) is 15.6. The van der Waals surface area contributed by atoms with Gasteiger partial charge in [0.15, 0.2) is 0 Å². The van der Waals surface area contributed by atoms with Crippen molar-refractivity contribution in [1.82, 2.24) is 15.1 Å². The van der Waals surface area contributed by atoms with Crippen LogP contribution in [0.4, 0.5) is 9.59 Å². The first-order valence-corrected chi connectivity index (χ1v) is 7.35. The number of nitrogens with one attached hydrogen (secondary N) is 1. The zero-order valence-electron chi connectivity index (χ0n) is 13.5. The van der Waals surface area contributed by atoms with Gasteiger partial charge in [-0.15, -0.1) is 11.4 Å². The second kappa shape index (κ2) is 8.93. The first kappa shape index (κ1) is 17.8. The molecule has 122 valence electrons. The van der Waals surface area contributed by atoms with Crippen molar-refractivity contribution >= 4 is 18.1 Å². The van der Waals surface area contributed by atoms with E-state index in [-0.39, 0.29) is 24.6 Å². The number of guanidine groups is 1. The summed E-state index contributed by atoms with van der Waals surface area (Å²) in [7, 11) is 4.44. The molecule has 0 saturated heterocycles. The van der Waals surface area contributed by atoms with Crippen molar-refractivity contribution in [1.29, 1.82) is 0 Å². The molecule has 7 nitrogen and oxygen atoms in total. The van der Waals surface area contributed by atoms with E-state index in [9.17, 15) is 9.59 Å². The number of hydrogen-bond donors (Lipinski definition) is 1. The summed E-state index contributed by atoms with van der Waals surface area (Å²) in [4.78, 5) is 30.3. The van der Waals surface area contributed by atoms with E-state index in [0.717, 1.165) is 25.7 Å². The summed E-state index contributed by atoms with van der Waals surface area (Å²) in [6, 6.07) is -0.139. The molecule has 0 unspecified atom stereocenters. The van der Waals surface area contributed by atoms with Crippen molar-refractivity contribution in [3.8, 4) is 12.3 Å². The molecule has 1 aliphatic rings. The van der Waals surface area contributed by atoms with Crippen LogP contribution >= 0.6 is 0 Å². The predicted octanol–water partition coefficient (Wildman–Crippen LogP) is 1.65. The topological polar surface area (TPSA) is 74.2 Å². The Balaban J connectivity index is 2.78. The molecule has 0 aromatic heterocycles. The van der Waals surface area contributed by atoms with Gasteiger partial charge in [-0.25, -0.2) is 9.59 Å². The summed E-state index contributed by atoms with van der Waals surface area (Å²) in [6.45, 7) is 0.219. The summed E-state index contributed by atoms with van der Waals surface area (Å²) in [5.41, 5.74) is 0. The summed E-state index contributed by atoms with van der Waals surface area (Å²) in [5, 5.41) is 2.96. The minimum atomic E-state index is -0.781. The molecule has 7 heteroatoms. The highest BCUT2D eigenvalue weighted by Crippen LogP contribution is 2.17. The van der Waals surface area contributed by atoms with Crippen molar-refractivity contribution in [3.63, 3.8) is 0 Å². The second-order valence-corrected chi connectivity index (χ2v) is 5.29. The molecule has 0 radical (unpaired) electrons. The molecule has 1 fully saturated rings. The van der Waals surface area contributed by atoms with E-state index < -0.39 is 6.09 Å². The van der Waals surface area contributed by atoms with Crippen molar-refractivity contribution in [2.24, 2.45) is 4.99 Å².